The Morgan fingerprint density at radius 1 is 0.600 bits per heavy atom. The van der Waals surface area contributed by atoms with Gasteiger partial charge in [0, 0.05) is 20.9 Å². The molecule has 0 aromatic rings. The molecule has 0 amide bonds. The zero-order valence-electron chi connectivity index (χ0n) is 61.5. The zero-order chi connectivity index (χ0) is 65.6. The van der Waals surface area contributed by atoms with Crippen LogP contribution in [-0.4, -0.2) is 11.4 Å². The van der Waals surface area contributed by atoms with E-state index in [0.717, 1.165) is 60.3 Å². The second-order valence-electron chi connectivity index (χ2n) is 27.4. The van der Waals surface area contributed by atoms with Crippen molar-refractivity contribution in [3.8, 4) is 0 Å². The van der Waals surface area contributed by atoms with Gasteiger partial charge in [0.15, 0.2) is 0 Å². The number of rotatable bonds is 6. The molecule has 13 unspecified atom stereocenters. The van der Waals surface area contributed by atoms with Crippen molar-refractivity contribution in [1.82, 2.24) is 0 Å². The standard InChI is InChI=1S/C12H26.2C10H16.C10H12.C10H16.C6H10.C6H8.C4H8.6C2H6.Al.3ClH.Ru.H2/c1-10(8-11(2,3)4)9-12(5,6)7;3*1-2-9-7-4-5-8(6-7)10(9)3-1;1-5-10(4)8-6-7-9(2)3;2*1-6-4-2-3-5-6;1-4(2)3;6*1-2;;;;;;/h10H,8-9H2,1-7H3;2*7-10H,1-6H2;1-2,4-5,7-10H,3,6H2;5,7H,1,4,6,8H2,2-3H3;2,4,6H,3,5H2,1H3;2,4-5H,3H2,1H3;1H2,2-3H3;6*1-2H3;;3*1H;;1H/q;;;;;;;;;;;;;;+3;;;;;/p-3/i;;;;;;;;;;;;;;;;;;;1+1. The molecule has 0 radical (unpaired) electrons. The molecule has 11 aliphatic carbocycles. The predicted octanol–water partition coefficient (Wildman–Crippen LogP) is 29.6. The van der Waals surface area contributed by atoms with Crippen molar-refractivity contribution in [3.63, 3.8) is 0 Å². The van der Waals surface area contributed by atoms with Crippen LogP contribution in [0.3, 0.4) is 0 Å². The summed E-state index contributed by atoms with van der Waals surface area (Å²) in [5.41, 5.74) is 6.04. The average molecular weight is 1350 g/mol. The third-order valence-corrected chi connectivity index (χ3v) is 17.6. The fourth-order valence-electron chi connectivity index (χ4n) is 15.2. The Morgan fingerprint density at radius 3 is 1.27 bits per heavy atom. The van der Waals surface area contributed by atoms with Gasteiger partial charge in [-0.05, 0) is 250 Å². The molecule has 502 valence electrons. The Kier molecular flexibility index (Phi) is 62.0. The van der Waals surface area contributed by atoms with E-state index in [1.54, 1.807) is 77.0 Å². The van der Waals surface area contributed by atoms with E-state index in [1.807, 2.05) is 103 Å². The van der Waals surface area contributed by atoms with Gasteiger partial charge in [-0.1, -0.05) is 254 Å². The van der Waals surface area contributed by atoms with Gasteiger partial charge in [-0.2, -0.15) is 0 Å². The van der Waals surface area contributed by atoms with Crippen LogP contribution in [0.2, 0.25) is 0 Å². The quantitative estimate of drug-likeness (QED) is 0.141. The number of fused-ring (bicyclic) bond motifs is 15. The fraction of sp³-hybridized carbons (Fsp3) is 0.775. The molecule has 7 fully saturated rings. The summed E-state index contributed by atoms with van der Waals surface area (Å²) in [5, 5.41) is 0. The SMILES string of the molecule is C1=CC2C3C=CC(C3)C2C1.C1CC2C3CCC(C3)C2C1.C1CC2C3CCC(C3)C2C1.C=C(C)C.C=CC(=C)CCC=C(C)C.CC.CC.CC.CC.CC.CC.CC(CC(C)(C)C)CC(C)(C)C.CC1=CCC=C1.CC1C=CCC1.[2HH].[Cl][Al]([Cl])[Cl].[Ru]. The van der Waals surface area contributed by atoms with Gasteiger partial charge < -0.3 is 0 Å². The van der Waals surface area contributed by atoms with Gasteiger partial charge in [0.25, 0.3) is 0 Å². The molecule has 6 bridgehead atoms. The van der Waals surface area contributed by atoms with Crippen molar-refractivity contribution >= 4 is 41.5 Å². The van der Waals surface area contributed by atoms with E-state index < -0.39 is 11.4 Å². The number of hydrogen-bond donors (Lipinski definition) is 0. The van der Waals surface area contributed by atoms with Crippen LogP contribution in [0.5, 0.6) is 0 Å². The summed E-state index contributed by atoms with van der Waals surface area (Å²) in [7, 11) is 14.8. The monoisotopic (exact) mass is 1350 g/mol. The maximum Gasteiger partial charge on any atom is 0.643 e. The van der Waals surface area contributed by atoms with Gasteiger partial charge in [0.05, 0.1) is 0 Å². The molecule has 0 N–H and O–H groups in total. The third kappa shape index (κ3) is 44.0. The first kappa shape index (κ1) is 93.4. The van der Waals surface area contributed by atoms with Crippen molar-refractivity contribution in [2.24, 2.45) is 93.7 Å². The Morgan fingerprint density at radius 2 is 1.00 bits per heavy atom. The minimum absolute atomic E-state index is 0. The molecule has 7 saturated carbocycles. The van der Waals surface area contributed by atoms with Crippen LogP contribution in [-0.2, 0) is 19.5 Å². The summed E-state index contributed by atoms with van der Waals surface area (Å²) < 4.78 is 0. The van der Waals surface area contributed by atoms with E-state index in [1.165, 1.54) is 103 Å². The molecule has 11 aliphatic rings. The van der Waals surface area contributed by atoms with Gasteiger partial charge in [0.1, 0.15) is 0 Å². The first-order chi connectivity index (χ1) is 39.9. The first-order valence-electron chi connectivity index (χ1n) is 35.7. The summed E-state index contributed by atoms with van der Waals surface area (Å²) in [6, 6.07) is 0. The van der Waals surface area contributed by atoms with Crippen molar-refractivity contribution in [2.45, 2.75) is 308 Å². The normalized spacial score (nSPS) is 27.5. The molecular formula is C80H150AlCl3Ru. The second kappa shape index (κ2) is 56.4. The summed E-state index contributed by atoms with van der Waals surface area (Å²) in [5.74, 6) is 15.1. The van der Waals surface area contributed by atoms with Gasteiger partial charge >= 0.3 is 11.4 Å². The van der Waals surface area contributed by atoms with Crippen molar-refractivity contribution in [2.75, 3.05) is 0 Å². The van der Waals surface area contributed by atoms with Crippen LogP contribution in [0.1, 0.15) is 309 Å². The van der Waals surface area contributed by atoms with Crippen LogP contribution in [0.4, 0.5) is 0 Å². The Balaban J connectivity index is -0.000000207. The van der Waals surface area contributed by atoms with E-state index in [0.29, 0.717) is 10.8 Å². The summed E-state index contributed by atoms with van der Waals surface area (Å²) in [6.45, 7) is 63.9. The second-order valence-corrected chi connectivity index (χ2v) is 33.8. The molecule has 13 atom stereocenters. The Bertz CT molecular complexity index is 1690. The van der Waals surface area contributed by atoms with Crippen LogP contribution in [0, 0.1) is 93.7 Å². The van der Waals surface area contributed by atoms with Gasteiger partial charge in [-0.15, -0.1) is 6.58 Å². The molecule has 0 aliphatic heterocycles. The molecule has 0 aromatic heterocycles. The first-order valence-corrected chi connectivity index (χ1v) is 40.9. The number of hydrogen-bond acceptors (Lipinski definition) is 0. The van der Waals surface area contributed by atoms with E-state index in [2.05, 4.69) is 157 Å². The van der Waals surface area contributed by atoms with Crippen LogP contribution in [0.25, 0.3) is 0 Å². The summed E-state index contributed by atoms with van der Waals surface area (Å²) >= 11 is -1.72. The van der Waals surface area contributed by atoms with E-state index in [9.17, 15) is 0 Å². The molecule has 85 heavy (non-hydrogen) atoms. The molecule has 0 aromatic carbocycles. The molecule has 0 saturated heterocycles. The Hall–Kier alpha value is -0.314. The van der Waals surface area contributed by atoms with E-state index in [4.69, 9.17) is 30.1 Å². The van der Waals surface area contributed by atoms with Crippen molar-refractivity contribution in [3.05, 3.63) is 109 Å². The molecule has 0 spiro atoms. The van der Waals surface area contributed by atoms with Gasteiger partial charge in [0.2, 0.25) is 0 Å². The molecular weight excluding hydrogens is 1200 g/mol. The smallest absolute Gasteiger partial charge is 0.214 e. The fourth-order valence-corrected chi connectivity index (χ4v) is 15.2. The Labute approximate surface area is 568 Å². The van der Waals surface area contributed by atoms with Gasteiger partial charge in [-0.3, -0.25) is 0 Å². The zero-order valence-corrected chi connectivity index (χ0v) is 66.6. The predicted molar refractivity (Wildman–Crippen MR) is 399 cm³/mol. The minimum Gasteiger partial charge on any atom is -0.214 e. The molecule has 0 nitrogen and oxygen atoms in total. The van der Waals surface area contributed by atoms with E-state index in [-0.39, 0.29) is 20.9 Å². The molecule has 0 heterocycles. The third-order valence-electron chi connectivity index (χ3n) is 17.6. The average Bonchev–Trinajstić information content (AvgIpc) is 3.09. The van der Waals surface area contributed by atoms with Gasteiger partial charge in [-0.25, -0.2) is 30.1 Å². The number of allylic oxidation sites excluding steroid dienone is 15. The van der Waals surface area contributed by atoms with Crippen LogP contribution in [0.15, 0.2) is 109 Å². The van der Waals surface area contributed by atoms with E-state index >= 15 is 0 Å². The van der Waals surface area contributed by atoms with Crippen LogP contribution < -0.4 is 0 Å². The molecule has 11 rings (SSSR count). The number of halogens is 3. The summed E-state index contributed by atoms with van der Waals surface area (Å²) in [6.07, 6.45) is 55.3. The largest absolute Gasteiger partial charge is 0.643 e. The van der Waals surface area contributed by atoms with Crippen molar-refractivity contribution in [1.29, 1.82) is 0 Å². The van der Waals surface area contributed by atoms with Crippen LogP contribution >= 0.6 is 30.1 Å². The summed E-state index contributed by atoms with van der Waals surface area (Å²) in [4.78, 5) is 0. The minimum atomic E-state index is -1.72. The molecule has 5 heteroatoms. The maximum absolute atomic E-state index is 4.94. The maximum atomic E-state index is 4.94. The topological polar surface area (TPSA) is 0 Å². The van der Waals surface area contributed by atoms with Crippen molar-refractivity contribution < 1.29 is 20.9 Å².